The molecule has 0 aliphatic carbocycles. The zero-order valence-corrected chi connectivity index (χ0v) is 40.6. The molecule has 368 valence electrons. The lowest BCUT2D eigenvalue weighted by atomic mass is 9.87. The van der Waals surface area contributed by atoms with E-state index >= 15 is 0 Å². The Bertz CT molecular complexity index is 2010. The van der Waals surface area contributed by atoms with E-state index in [-0.39, 0.29) is 70.2 Å². The molecule has 17 nitrogen and oxygen atoms in total. The summed E-state index contributed by atoms with van der Waals surface area (Å²) in [5.41, 5.74) is 1.65. The predicted molar refractivity (Wildman–Crippen MR) is 255 cm³/mol. The number of hydrogen-bond donors (Lipinski definition) is 6. The number of aliphatic hydroxyl groups excluding tert-OH is 1. The fraction of sp³-hybridized carbons (Fsp3) is 0.560. The molecule has 0 bridgehead atoms. The van der Waals surface area contributed by atoms with Crippen LogP contribution < -0.4 is 21.3 Å². The molecule has 0 spiro atoms. The van der Waals surface area contributed by atoms with Crippen LogP contribution in [-0.2, 0) is 57.7 Å². The lowest BCUT2D eigenvalue weighted by Crippen LogP contribution is -2.60. The summed E-state index contributed by atoms with van der Waals surface area (Å²) in [6.45, 7) is 14.8. The molecule has 1 unspecified atom stereocenters. The maximum absolute atomic E-state index is 14.4. The van der Waals surface area contributed by atoms with Crippen LogP contribution in [0.5, 0.6) is 0 Å². The number of nitrogens with zero attached hydrogens (tertiary/aromatic N) is 3. The summed E-state index contributed by atoms with van der Waals surface area (Å²) >= 11 is 0. The van der Waals surface area contributed by atoms with Gasteiger partial charge in [-0.2, -0.15) is 15.4 Å². The Hall–Kier alpha value is -5.78. The Morgan fingerprint density at radius 3 is 1.94 bits per heavy atom. The van der Waals surface area contributed by atoms with Crippen molar-refractivity contribution < 1.29 is 43.3 Å². The molecule has 4 amide bonds. The number of carbonyl (C=O) groups is 6. The summed E-state index contributed by atoms with van der Waals surface area (Å²) in [6, 6.07) is 14.2. The van der Waals surface area contributed by atoms with Gasteiger partial charge in [0.1, 0.15) is 30.4 Å². The van der Waals surface area contributed by atoms with Gasteiger partial charge < -0.3 is 35.8 Å². The second kappa shape index (κ2) is 29.1. The highest BCUT2D eigenvalue weighted by Crippen LogP contribution is 2.23. The fourth-order valence-electron chi connectivity index (χ4n) is 7.48. The molecule has 1 aromatic heterocycles. The zero-order valence-electron chi connectivity index (χ0n) is 40.6. The molecule has 0 fully saturated rings. The Kier molecular flexibility index (Phi) is 24.1. The Balaban J connectivity index is 1.87. The van der Waals surface area contributed by atoms with Crippen molar-refractivity contribution in [3.8, 4) is 0 Å². The van der Waals surface area contributed by atoms with E-state index in [4.69, 9.17) is 9.47 Å². The van der Waals surface area contributed by atoms with Crippen LogP contribution in [0.15, 0.2) is 78.5 Å². The van der Waals surface area contributed by atoms with Gasteiger partial charge >= 0.3 is 5.97 Å². The summed E-state index contributed by atoms with van der Waals surface area (Å²) < 4.78 is 11.1. The molecule has 0 saturated heterocycles. The van der Waals surface area contributed by atoms with Crippen molar-refractivity contribution in [3.63, 3.8) is 0 Å². The van der Waals surface area contributed by atoms with Gasteiger partial charge in [0.05, 0.1) is 32.0 Å². The Morgan fingerprint density at radius 1 is 0.791 bits per heavy atom. The van der Waals surface area contributed by atoms with Gasteiger partial charge in [0.2, 0.25) is 23.6 Å². The molecule has 0 aliphatic heterocycles. The van der Waals surface area contributed by atoms with Gasteiger partial charge in [-0.3, -0.25) is 28.9 Å². The minimum Gasteiger partial charge on any atom is -0.450 e. The SMILES string of the molecule is C/C=C(\CC)CN(CCO)CC(=O)N[C@@H](CCc1ccccc1)C(=O)N[C@@H](CC(C)C)C(=O)N[C@@H](Cc1ccccc1)C(=O)N[C@@H](CC(C)C)C(=O)C(C)(CC)OC(=O)COCc1cn[nH]n1. The number of ether oxygens (including phenoxy) is 2. The van der Waals surface area contributed by atoms with Gasteiger partial charge in [0, 0.05) is 19.5 Å². The van der Waals surface area contributed by atoms with E-state index in [1.165, 1.54) is 13.1 Å². The highest BCUT2D eigenvalue weighted by molar-refractivity contribution is 5.98. The molecule has 2 aromatic carbocycles. The van der Waals surface area contributed by atoms with E-state index in [1.807, 2.05) is 113 Å². The first kappa shape index (κ1) is 55.5. The van der Waals surface area contributed by atoms with Crippen molar-refractivity contribution in [1.29, 1.82) is 0 Å². The van der Waals surface area contributed by atoms with Crippen molar-refractivity contribution in [2.45, 2.75) is 137 Å². The minimum atomic E-state index is -1.62. The molecule has 1 heterocycles. The third-order valence-corrected chi connectivity index (χ3v) is 11.4. The predicted octanol–water partition coefficient (Wildman–Crippen LogP) is 4.16. The van der Waals surface area contributed by atoms with Crippen LogP contribution in [-0.4, -0.2) is 123 Å². The number of Topliss-reactive ketones (excluding diaryl/α,β-unsaturated/α-hetero) is 1. The van der Waals surface area contributed by atoms with Crippen molar-refractivity contribution >= 4 is 35.4 Å². The number of ketones is 1. The number of hydrogen-bond acceptors (Lipinski definition) is 12. The van der Waals surface area contributed by atoms with Gasteiger partial charge in [-0.05, 0) is 75.3 Å². The summed E-state index contributed by atoms with van der Waals surface area (Å²) in [7, 11) is 0. The topological polar surface area (TPSA) is 234 Å². The molecule has 0 radical (unpaired) electrons. The Morgan fingerprint density at radius 2 is 1.37 bits per heavy atom. The number of H-pyrrole nitrogens is 1. The van der Waals surface area contributed by atoms with Crippen LogP contribution in [0.2, 0.25) is 0 Å². The van der Waals surface area contributed by atoms with Crippen LogP contribution >= 0.6 is 0 Å². The highest BCUT2D eigenvalue weighted by Gasteiger charge is 2.42. The highest BCUT2D eigenvalue weighted by atomic mass is 16.6. The van der Waals surface area contributed by atoms with Crippen LogP contribution in [0.4, 0.5) is 0 Å². The van der Waals surface area contributed by atoms with Crippen molar-refractivity contribution in [1.82, 2.24) is 41.6 Å². The summed E-state index contributed by atoms with van der Waals surface area (Å²) in [6.07, 6.45) is 5.50. The van der Waals surface area contributed by atoms with Gasteiger partial charge in [-0.25, -0.2) is 4.79 Å². The van der Waals surface area contributed by atoms with Crippen LogP contribution in [0.3, 0.4) is 0 Å². The number of benzene rings is 2. The summed E-state index contributed by atoms with van der Waals surface area (Å²) in [5.74, 6) is -3.68. The first-order valence-electron chi connectivity index (χ1n) is 23.4. The molecule has 17 heteroatoms. The molecule has 67 heavy (non-hydrogen) atoms. The number of aromatic nitrogens is 3. The van der Waals surface area contributed by atoms with E-state index in [0.29, 0.717) is 18.7 Å². The molecule has 5 atom stereocenters. The average molecular weight is 931 g/mol. The molecule has 3 aromatic rings. The number of aliphatic hydroxyl groups is 1. The lowest BCUT2D eigenvalue weighted by Gasteiger charge is -2.33. The third-order valence-electron chi connectivity index (χ3n) is 11.4. The van der Waals surface area contributed by atoms with Crippen LogP contribution in [0.1, 0.15) is 104 Å². The second-order valence-electron chi connectivity index (χ2n) is 17.9. The number of aromatic amines is 1. The summed E-state index contributed by atoms with van der Waals surface area (Å²) in [4.78, 5) is 85.9. The van der Waals surface area contributed by atoms with E-state index in [0.717, 1.165) is 23.1 Å². The van der Waals surface area contributed by atoms with E-state index in [2.05, 4.69) is 36.7 Å². The van der Waals surface area contributed by atoms with Gasteiger partial charge in [0.25, 0.3) is 0 Å². The first-order valence-corrected chi connectivity index (χ1v) is 23.4. The lowest BCUT2D eigenvalue weighted by molar-refractivity contribution is -0.171. The minimum absolute atomic E-state index is 0.00176. The van der Waals surface area contributed by atoms with E-state index in [9.17, 15) is 33.9 Å². The monoisotopic (exact) mass is 931 g/mol. The fourth-order valence-corrected chi connectivity index (χ4v) is 7.48. The maximum Gasteiger partial charge on any atom is 0.333 e. The standard InChI is InChI=1S/C50H74N8O9/c1-9-36(10-2)30-58(24-25-59)31-44(60)52-40(23-22-37-18-14-12-15-19-37)47(63)54-42(27-35(6)7)48(64)55-43(28-38-20-16-13-17-21-38)49(65)53-41(26-34(4)5)46(62)50(8,11-3)67-45(61)33-66-32-39-29-51-57-56-39/h9,12-21,29,34-35,40-43,59H,10-11,22-28,30-33H2,1-8H3,(H,52,60)(H,53,65)(H,54,63)(H,55,64)(H,51,56,57)/b36-9+/t40-,41-,42-,43-,50?/m0/s1. The van der Waals surface area contributed by atoms with Crippen molar-refractivity contribution in [3.05, 3.63) is 95.3 Å². The third kappa shape index (κ3) is 19.9. The second-order valence-corrected chi connectivity index (χ2v) is 17.9. The Labute approximate surface area is 396 Å². The molecule has 0 saturated carbocycles. The average Bonchev–Trinajstić information content (AvgIpc) is 3.82. The summed E-state index contributed by atoms with van der Waals surface area (Å²) in [5, 5.41) is 31.4. The van der Waals surface area contributed by atoms with Crippen molar-refractivity contribution in [2.75, 3.05) is 32.8 Å². The van der Waals surface area contributed by atoms with Gasteiger partial charge in [-0.1, -0.05) is 114 Å². The molecule has 6 N–H and O–H groups in total. The van der Waals surface area contributed by atoms with E-state index in [1.54, 1.807) is 6.92 Å². The number of rotatable bonds is 31. The number of carbonyl (C=O) groups excluding carboxylic acids is 6. The van der Waals surface area contributed by atoms with E-state index < -0.39 is 71.8 Å². The first-order chi connectivity index (χ1) is 32.0. The number of nitrogens with one attached hydrogen (secondary N) is 5. The number of aryl methyl sites for hydroxylation is 1. The molecular formula is C50H74N8O9. The van der Waals surface area contributed by atoms with Gasteiger partial charge in [0.15, 0.2) is 11.4 Å². The number of esters is 1. The molecule has 0 aliphatic rings. The maximum atomic E-state index is 14.4. The van der Waals surface area contributed by atoms with Gasteiger partial charge in [-0.15, -0.1) is 0 Å². The molecular weight excluding hydrogens is 857 g/mol. The number of allylic oxidation sites excluding steroid dienone is 1. The molecule has 3 rings (SSSR count). The van der Waals surface area contributed by atoms with Crippen LogP contribution in [0.25, 0.3) is 0 Å². The quantitative estimate of drug-likeness (QED) is 0.0395. The zero-order chi connectivity index (χ0) is 49.4. The smallest absolute Gasteiger partial charge is 0.333 e. The normalized spacial score (nSPS) is 14.4. The van der Waals surface area contributed by atoms with Crippen LogP contribution in [0, 0.1) is 11.8 Å². The van der Waals surface area contributed by atoms with Crippen molar-refractivity contribution in [2.24, 2.45) is 11.8 Å². The largest absolute Gasteiger partial charge is 0.450 e. The number of amides is 4.